The van der Waals surface area contributed by atoms with Crippen molar-refractivity contribution in [1.29, 1.82) is 0 Å². The fraction of sp³-hybridized carbons (Fsp3) is 0.438. The lowest BCUT2D eigenvalue weighted by Crippen LogP contribution is -2.21. The maximum Gasteiger partial charge on any atom is 0.227 e. The molecule has 1 saturated carbocycles. The van der Waals surface area contributed by atoms with Crippen LogP contribution in [0.4, 0.5) is 0 Å². The zero-order valence-corrected chi connectivity index (χ0v) is 13.3. The average Bonchev–Trinajstić information content (AvgIpc) is 2.91. The summed E-state index contributed by atoms with van der Waals surface area (Å²) in [6, 6.07) is 7.99. The lowest BCUT2D eigenvalue weighted by Gasteiger charge is -2.18. The highest BCUT2D eigenvalue weighted by atomic mass is 79.9. The molecule has 0 amide bonds. The maximum atomic E-state index is 11.8. The standard InChI is InChI=1S/C16H17BrN2O2/c17-13-7-3-1-5-11(13)9-15-18-16(21-19-15)10-12-6-2-4-8-14(12)20/h1,3,5,7,12H,2,4,6,8-10H2. The molecule has 0 radical (unpaired) electrons. The van der Waals surface area contributed by atoms with Crippen LogP contribution in [-0.4, -0.2) is 15.9 Å². The van der Waals surface area contributed by atoms with E-state index in [9.17, 15) is 4.79 Å². The summed E-state index contributed by atoms with van der Waals surface area (Å²) in [5, 5.41) is 4.02. The highest BCUT2D eigenvalue weighted by molar-refractivity contribution is 9.10. The van der Waals surface area contributed by atoms with Gasteiger partial charge in [-0.25, -0.2) is 0 Å². The third-order valence-corrected chi connectivity index (χ3v) is 4.69. The fourth-order valence-electron chi connectivity index (χ4n) is 2.74. The summed E-state index contributed by atoms with van der Waals surface area (Å²) in [7, 11) is 0. The monoisotopic (exact) mass is 348 g/mol. The number of Topliss-reactive ketones (excluding diaryl/α,β-unsaturated/α-hetero) is 1. The van der Waals surface area contributed by atoms with Gasteiger partial charge in [0, 0.05) is 29.7 Å². The van der Waals surface area contributed by atoms with Crippen LogP contribution in [0, 0.1) is 5.92 Å². The topological polar surface area (TPSA) is 56.0 Å². The molecule has 1 atom stereocenters. The number of hydrogen-bond acceptors (Lipinski definition) is 4. The Bertz CT molecular complexity index is 639. The first kappa shape index (κ1) is 14.4. The van der Waals surface area contributed by atoms with Crippen molar-refractivity contribution in [2.45, 2.75) is 38.5 Å². The largest absolute Gasteiger partial charge is 0.339 e. The molecule has 1 heterocycles. The van der Waals surface area contributed by atoms with Gasteiger partial charge < -0.3 is 4.52 Å². The second-order valence-electron chi connectivity index (χ2n) is 5.49. The van der Waals surface area contributed by atoms with E-state index in [0.29, 0.717) is 36.8 Å². The molecule has 1 aliphatic rings. The van der Waals surface area contributed by atoms with E-state index in [1.165, 1.54) is 0 Å². The van der Waals surface area contributed by atoms with Crippen LogP contribution < -0.4 is 0 Å². The summed E-state index contributed by atoms with van der Waals surface area (Å²) >= 11 is 3.52. The van der Waals surface area contributed by atoms with E-state index in [1.54, 1.807) is 0 Å². The Morgan fingerprint density at radius 2 is 2.14 bits per heavy atom. The minimum atomic E-state index is 0.0653. The van der Waals surface area contributed by atoms with Gasteiger partial charge in [-0.2, -0.15) is 4.98 Å². The Hall–Kier alpha value is -1.49. The van der Waals surface area contributed by atoms with Crippen molar-refractivity contribution in [1.82, 2.24) is 10.1 Å². The summed E-state index contributed by atoms with van der Waals surface area (Å²) in [4.78, 5) is 16.3. The number of rotatable bonds is 4. The first-order valence-corrected chi connectivity index (χ1v) is 8.09. The Labute approximate surface area is 132 Å². The molecule has 1 aliphatic carbocycles. The summed E-state index contributed by atoms with van der Waals surface area (Å²) in [5.74, 6) is 1.65. The van der Waals surface area contributed by atoms with Gasteiger partial charge in [-0.3, -0.25) is 4.79 Å². The van der Waals surface area contributed by atoms with Crippen molar-refractivity contribution in [3.8, 4) is 0 Å². The van der Waals surface area contributed by atoms with Crippen molar-refractivity contribution in [3.63, 3.8) is 0 Å². The SMILES string of the molecule is O=C1CCCCC1Cc1nc(Cc2ccccc2Br)no1. The third kappa shape index (κ3) is 3.59. The van der Waals surface area contributed by atoms with E-state index in [4.69, 9.17) is 4.52 Å². The normalized spacial score (nSPS) is 18.9. The average molecular weight is 349 g/mol. The highest BCUT2D eigenvalue weighted by Gasteiger charge is 2.24. The number of carbonyl (C=O) groups excluding carboxylic acids is 1. The van der Waals surface area contributed by atoms with Gasteiger partial charge in [-0.1, -0.05) is 45.7 Å². The van der Waals surface area contributed by atoms with Crippen molar-refractivity contribution in [2.75, 3.05) is 0 Å². The molecule has 5 heteroatoms. The maximum absolute atomic E-state index is 11.8. The van der Waals surface area contributed by atoms with Gasteiger partial charge >= 0.3 is 0 Å². The first-order valence-electron chi connectivity index (χ1n) is 7.30. The number of hydrogen-bond donors (Lipinski definition) is 0. The molecule has 2 aromatic rings. The molecule has 0 saturated heterocycles. The molecule has 4 nitrogen and oxygen atoms in total. The molecule has 0 spiro atoms. The van der Waals surface area contributed by atoms with Crippen molar-refractivity contribution < 1.29 is 9.32 Å². The van der Waals surface area contributed by atoms with Gasteiger partial charge in [-0.05, 0) is 24.5 Å². The Morgan fingerprint density at radius 1 is 1.29 bits per heavy atom. The summed E-state index contributed by atoms with van der Waals surface area (Å²) in [5.41, 5.74) is 1.12. The Balaban J connectivity index is 1.66. The van der Waals surface area contributed by atoms with Gasteiger partial charge in [0.2, 0.25) is 5.89 Å². The Kier molecular flexibility index (Phi) is 4.48. The van der Waals surface area contributed by atoms with E-state index in [-0.39, 0.29) is 5.92 Å². The van der Waals surface area contributed by atoms with Gasteiger partial charge in [0.25, 0.3) is 0 Å². The highest BCUT2D eigenvalue weighted by Crippen LogP contribution is 2.24. The molecule has 1 aromatic carbocycles. The van der Waals surface area contributed by atoms with Crippen LogP contribution in [0.25, 0.3) is 0 Å². The third-order valence-electron chi connectivity index (χ3n) is 3.92. The molecular weight excluding hydrogens is 332 g/mol. The van der Waals surface area contributed by atoms with Crippen LogP contribution >= 0.6 is 15.9 Å². The zero-order chi connectivity index (χ0) is 14.7. The summed E-state index contributed by atoms with van der Waals surface area (Å²) < 4.78 is 6.34. The van der Waals surface area contributed by atoms with Gasteiger partial charge in [0.1, 0.15) is 5.78 Å². The molecule has 1 fully saturated rings. The number of ketones is 1. The Morgan fingerprint density at radius 3 is 2.95 bits per heavy atom. The number of aromatic nitrogens is 2. The van der Waals surface area contributed by atoms with E-state index in [0.717, 1.165) is 29.3 Å². The molecule has 1 unspecified atom stereocenters. The van der Waals surface area contributed by atoms with Crippen LogP contribution in [0.15, 0.2) is 33.3 Å². The quantitative estimate of drug-likeness (QED) is 0.844. The van der Waals surface area contributed by atoms with E-state index < -0.39 is 0 Å². The molecule has 3 rings (SSSR count). The number of benzene rings is 1. The predicted molar refractivity (Wildman–Crippen MR) is 81.9 cm³/mol. The predicted octanol–water partition coefficient (Wildman–Crippen LogP) is 3.72. The van der Waals surface area contributed by atoms with Gasteiger partial charge in [0.15, 0.2) is 5.82 Å². The van der Waals surface area contributed by atoms with Crippen LogP contribution in [0.3, 0.4) is 0 Å². The van der Waals surface area contributed by atoms with Crippen molar-refractivity contribution >= 4 is 21.7 Å². The van der Waals surface area contributed by atoms with Gasteiger partial charge in [-0.15, -0.1) is 0 Å². The van der Waals surface area contributed by atoms with E-state index >= 15 is 0 Å². The summed E-state index contributed by atoms with van der Waals surface area (Å²) in [6.45, 7) is 0. The van der Waals surface area contributed by atoms with Crippen LogP contribution in [-0.2, 0) is 17.6 Å². The molecular formula is C16H17BrN2O2. The smallest absolute Gasteiger partial charge is 0.227 e. The fourth-order valence-corrected chi connectivity index (χ4v) is 3.16. The van der Waals surface area contributed by atoms with Crippen molar-refractivity contribution in [2.24, 2.45) is 5.92 Å². The van der Waals surface area contributed by atoms with Crippen LogP contribution in [0.1, 0.15) is 43.0 Å². The first-order chi connectivity index (χ1) is 10.2. The van der Waals surface area contributed by atoms with E-state index in [1.807, 2.05) is 24.3 Å². The lowest BCUT2D eigenvalue weighted by molar-refractivity contribution is -0.124. The number of carbonyl (C=O) groups is 1. The van der Waals surface area contributed by atoms with Crippen LogP contribution in [0.5, 0.6) is 0 Å². The second-order valence-corrected chi connectivity index (χ2v) is 6.34. The lowest BCUT2D eigenvalue weighted by atomic mass is 9.86. The van der Waals surface area contributed by atoms with Crippen LogP contribution in [0.2, 0.25) is 0 Å². The second kappa shape index (κ2) is 6.52. The zero-order valence-electron chi connectivity index (χ0n) is 11.7. The molecule has 0 aliphatic heterocycles. The molecule has 0 N–H and O–H groups in total. The van der Waals surface area contributed by atoms with Crippen molar-refractivity contribution in [3.05, 3.63) is 46.0 Å². The van der Waals surface area contributed by atoms with E-state index in [2.05, 4.69) is 26.1 Å². The molecule has 110 valence electrons. The number of halogens is 1. The summed E-state index contributed by atoms with van der Waals surface area (Å²) in [6.07, 6.45) is 5.00. The molecule has 1 aromatic heterocycles. The number of nitrogens with zero attached hydrogens (tertiary/aromatic N) is 2. The molecule has 21 heavy (non-hydrogen) atoms. The minimum absolute atomic E-state index is 0.0653. The van der Waals surface area contributed by atoms with Gasteiger partial charge in [0.05, 0.1) is 0 Å². The molecule has 0 bridgehead atoms. The minimum Gasteiger partial charge on any atom is -0.339 e.